The Morgan fingerprint density at radius 2 is 1.79 bits per heavy atom. The first-order valence-corrected chi connectivity index (χ1v) is 13.9. The number of nitrogens with one attached hydrogen (secondary N) is 1. The van der Waals surface area contributed by atoms with E-state index in [0.29, 0.717) is 15.2 Å². The fraction of sp³-hybridized carbons (Fsp3) is 0.393. The lowest BCUT2D eigenvalue weighted by Crippen LogP contribution is -2.58. The van der Waals surface area contributed by atoms with Crippen molar-refractivity contribution in [3.8, 4) is 5.75 Å². The molecule has 2 unspecified atom stereocenters. The van der Waals surface area contributed by atoms with Crippen LogP contribution in [-0.2, 0) is 17.9 Å². The number of ether oxygens (including phenoxy) is 1. The Morgan fingerprint density at radius 3 is 2.35 bits per heavy atom. The fourth-order valence-corrected chi connectivity index (χ4v) is 5.90. The summed E-state index contributed by atoms with van der Waals surface area (Å²) in [5.74, 6) is -2.73. The Bertz CT molecular complexity index is 1620. The van der Waals surface area contributed by atoms with Crippen molar-refractivity contribution in [2.75, 3.05) is 31.6 Å². The molecule has 9 nitrogen and oxygen atoms in total. The Balaban J connectivity index is 1.82. The average Bonchev–Trinajstić information content (AvgIpc) is 2.90. The van der Waals surface area contributed by atoms with Gasteiger partial charge in [0.15, 0.2) is 11.6 Å². The quantitative estimate of drug-likeness (QED) is 0.353. The average molecular weight is 646 g/mol. The molecule has 1 aliphatic heterocycles. The predicted molar refractivity (Wildman–Crippen MR) is 155 cm³/mol. The number of benzene rings is 2. The van der Waals surface area contributed by atoms with Crippen LogP contribution in [-0.4, -0.2) is 66.3 Å². The number of piperazine rings is 1. The summed E-state index contributed by atoms with van der Waals surface area (Å²) in [7, 11) is 1.16. The summed E-state index contributed by atoms with van der Waals surface area (Å²) in [6.45, 7) is 2.22. The number of aromatic nitrogens is 1. The molecule has 3 aromatic rings. The van der Waals surface area contributed by atoms with Crippen LogP contribution in [0.4, 0.5) is 23.2 Å². The number of halogens is 6. The van der Waals surface area contributed by atoms with E-state index in [1.807, 2.05) is 4.90 Å². The van der Waals surface area contributed by atoms with Crippen LogP contribution in [0.5, 0.6) is 5.75 Å². The molecule has 2 atom stereocenters. The van der Waals surface area contributed by atoms with Gasteiger partial charge in [-0.25, -0.2) is 4.39 Å². The molecule has 2 aromatic carbocycles. The maximum Gasteiger partial charge on any atom is 0.406 e. The summed E-state index contributed by atoms with van der Waals surface area (Å²) in [5.41, 5.74) is 3.74. The number of hydrogen-bond acceptors (Lipinski definition) is 6. The summed E-state index contributed by atoms with van der Waals surface area (Å²) >= 11 is 12.0. The van der Waals surface area contributed by atoms with Gasteiger partial charge in [0, 0.05) is 48.0 Å². The van der Waals surface area contributed by atoms with Crippen LogP contribution in [0.15, 0.2) is 35.3 Å². The number of carbonyl (C=O) groups is 2. The molecule has 15 heteroatoms. The van der Waals surface area contributed by atoms with Gasteiger partial charge in [0.05, 0.1) is 24.6 Å². The molecule has 1 aliphatic rings. The molecular formula is C28H29Cl2F4N5O4. The molecule has 0 spiro atoms. The van der Waals surface area contributed by atoms with Gasteiger partial charge >= 0.3 is 6.18 Å². The van der Waals surface area contributed by atoms with Crippen LogP contribution in [0.25, 0.3) is 10.9 Å². The van der Waals surface area contributed by atoms with E-state index in [2.05, 4.69) is 5.32 Å². The molecule has 0 radical (unpaired) electrons. The topological polar surface area (TPSA) is 110 Å². The number of nitrogens with zero attached hydrogens (tertiary/aromatic N) is 3. The van der Waals surface area contributed by atoms with Crippen LogP contribution in [0, 0.1) is 5.82 Å². The molecular weight excluding hydrogens is 617 g/mol. The number of hydrogen-bond donors (Lipinski definition) is 2. The number of carbonyl (C=O) groups excluding carboxylic acids is 2. The molecule has 0 bridgehead atoms. The van der Waals surface area contributed by atoms with Crippen LogP contribution < -0.4 is 26.1 Å². The molecule has 1 aromatic heterocycles. The van der Waals surface area contributed by atoms with Crippen molar-refractivity contribution >= 4 is 51.6 Å². The summed E-state index contributed by atoms with van der Waals surface area (Å²) in [5, 5.41) is 2.60. The number of fused-ring (bicyclic) bond motifs is 1. The number of nitrogens with two attached hydrogens (primary N) is 1. The van der Waals surface area contributed by atoms with Gasteiger partial charge in [0.2, 0.25) is 11.3 Å². The predicted octanol–water partition coefficient (Wildman–Crippen LogP) is 4.33. The monoisotopic (exact) mass is 645 g/mol. The van der Waals surface area contributed by atoms with Gasteiger partial charge in [-0.3, -0.25) is 19.3 Å². The first kappa shape index (κ1) is 32.4. The van der Waals surface area contributed by atoms with Crippen molar-refractivity contribution in [3.05, 3.63) is 67.7 Å². The molecule has 0 saturated carbocycles. The molecule has 3 N–H and O–H groups in total. The largest absolute Gasteiger partial charge is 0.492 e. The minimum absolute atomic E-state index is 0.0201. The molecule has 2 heterocycles. The Kier molecular flexibility index (Phi) is 9.48. The molecule has 4 rings (SSSR count). The van der Waals surface area contributed by atoms with E-state index in [1.54, 1.807) is 24.8 Å². The van der Waals surface area contributed by atoms with E-state index in [-0.39, 0.29) is 60.2 Å². The van der Waals surface area contributed by atoms with Crippen molar-refractivity contribution in [1.82, 2.24) is 14.8 Å². The van der Waals surface area contributed by atoms with Gasteiger partial charge in [0.1, 0.15) is 17.8 Å². The third-order valence-corrected chi connectivity index (χ3v) is 7.84. The number of methoxy groups -OCH3 is 1. The highest BCUT2D eigenvalue weighted by molar-refractivity contribution is 6.35. The molecule has 1 fully saturated rings. The van der Waals surface area contributed by atoms with Crippen molar-refractivity contribution in [2.24, 2.45) is 5.73 Å². The lowest BCUT2D eigenvalue weighted by atomic mass is 10.0. The number of anilines is 1. The number of rotatable bonds is 8. The number of alkyl halides is 3. The standard InChI is InChI=1S/C28H29Cl2F4N5O4/c1-14-9-37(10-15(2)39(14)12-22(35)40)24-21(31)7-18-23(26(24)43-3)38(13-28(32,33)34)11-19(25(18)41)27(42)36-8-16-4-5-17(29)6-20(16)30/h4-7,11,14-15H,8-10,12-13H2,1-3H3,(H2,35,40)(H,36,42). The minimum Gasteiger partial charge on any atom is -0.492 e. The third kappa shape index (κ3) is 7.00. The zero-order valence-corrected chi connectivity index (χ0v) is 24.9. The van der Waals surface area contributed by atoms with Gasteiger partial charge in [-0.05, 0) is 37.6 Å². The summed E-state index contributed by atoms with van der Waals surface area (Å²) in [4.78, 5) is 41.5. The van der Waals surface area contributed by atoms with E-state index < -0.39 is 46.7 Å². The second kappa shape index (κ2) is 12.6. The highest BCUT2D eigenvalue weighted by atomic mass is 35.5. The second-order valence-corrected chi connectivity index (χ2v) is 11.3. The highest BCUT2D eigenvalue weighted by Crippen LogP contribution is 2.40. The number of amides is 2. The second-order valence-electron chi connectivity index (χ2n) is 10.4. The van der Waals surface area contributed by atoms with Crippen molar-refractivity contribution in [2.45, 2.75) is 45.2 Å². The molecule has 43 heavy (non-hydrogen) atoms. The Labute approximate surface area is 254 Å². The van der Waals surface area contributed by atoms with Gasteiger partial charge in [-0.1, -0.05) is 29.3 Å². The van der Waals surface area contributed by atoms with E-state index in [9.17, 15) is 27.6 Å². The van der Waals surface area contributed by atoms with Crippen LogP contribution in [0.2, 0.25) is 10.0 Å². The van der Waals surface area contributed by atoms with Crippen molar-refractivity contribution < 1.29 is 31.9 Å². The van der Waals surface area contributed by atoms with E-state index in [1.165, 1.54) is 12.1 Å². The molecule has 1 saturated heterocycles. The van der Waals surface area contributed by atoms with E-state index >= 15 is 4.39 Å². The van der Waals surface area contributed by atoms with Gasteiger partial charge in [-0.15, -0.1) is 0 Å². The van der Waals surface area contributed by atoms with Crippen LogP contribution in [0.3, 0.4) is 0 Å². The zero-order valence-electron chi connectivity index (χ0n) is 23.4. The summed E-state index contributed by atoms with van der Waals surface area (Å²) < 4.78 is 63.3. The van der Waals surface area contributed by atoms with Gasteiger partial charge in [0.25, 0.3) is 5.91 Å². The zero-order chi connectivity index (χ0) is 31.8. The fourth-order valence-electron chi connectivity index (χ4n) is 5.42. The maximum absolute atomic E-state index is 15.8. The molecule has 232 valence electrons. The highest BCUT2D eigenvalue weighted by Gasteiger charge is 2.35. The lowest BCUT2D eigenvalue weighted by molar-refractivity contribution is -0.140. The number of pyridine rings is 1. The van der Waals surface area contributed by atoms with Crippen LogP contribution in [0.1, 0.15) is 29.8 Å². The third-order valence-electron chi connectivity index (χ3n) is 7.25. The summed E-state index contributed by atoms with van der Waals surface area (Å²) in [6.07, 6.45) is -3.98. The van der Waals surface area contributed by atoms with Crippen molar-refractivity contribution in [3.63, 3.8) is 0 Å². The smallest absolute Gasteiger partial charge is 0.406 e. The van der Waals surface area contributed by atoms with E-state index in [4.69, 9.17) is 33.7 Å². The Morgan fingerprint density at radius 1 is 1.14 bits per heavy atom. The SMILES string of the molecule is COc1c(N2CC(C)N(CC(N)=O)C(C)C2)c(F)cc2c(=O)c(C(=O)NCc3ccc(Cl)cc3Cl)cn(CC(F)(F)F)c12. The Hall–Kier alpha value is -3.55. The summed E-state index contributed by atoms with van der Waals surface area (Å²) in [6, 6.07) is 4.78. The first-order valence-electron chi connectivity index (χ1n) is 13.1. The molecule has 0 aliphatic carbocycles. The first-order chi connectivity index (χ1) is 20.1. The van der Waals surface area contributed by atoms with Crippen LogP contribution >= 0.6 is 23.2 Å². The normalized spacial score (nSPS) is 17.7. The van der Waals surface area contributed by atoms with Gasteiger partial charge in [-0.2, -0.15) is 13.2 Å². The minimum atomic E-state index is -4.77. The van der Waals surface area contributed by atoms with E-state index in [0.717, 1.165) is 19.4 Å². The van der Waals surface area contributed by atoms with Crippen molar-refractivity contribution in [1.29, 1.82) is 0 Å². The molecule has 2 amide bonds. The number of primary amides is 1. The lowest BCUT2D eigenvalue weighted by Gasteiger charge is -2.45. The maximum atomic E-state index is 15.8. The van der Waals surface area contributed by atoms with Gasteiger partial charge < -0.3 is 25.3 Å².